The van der Waals surface area contributed by atoms with Gasteiger partial charge in [-0.25, -0.2) is 4.98 Å². The van der Waals surface area contributed by atoms with Gasteiger partial charge in [-0.2, -0.15) is 5.26 Å². The Morgan fingerprint density at radius 3 is 2.74 bits per heavy atom. The van der Waals surface area contributed by atoms with E-state index >= 15 is 0 Å². The Bertz CT molecular complexity index is 1440. The molecule has 0 unspecified atom stereocenters. The molecule has 0 spiro atoms. The van der Waals surface area contributed by atoms with Gasteiger partial charge in [0.15, 0.2) is 0 Å². The third-order valence-corrected chi connectivity index (χ3v) is 7.87. The molecule has 0 aliphatic heterocycles. The summed E-state index contributed by atoms with van der Waals surface area (Å²) in [5.74, 6) is 0.264. The molecule has 3 heterocycles. The summed E-state index contributed by atoms with van der Waals surface area (Å²) in [6.45, 7) is 8.62. The van der Waals surface area contributed by atoms with Crippen molar-refractivity contribution >= 4 is 33.3 Å². The van der Waals surface area contributed by atoms with E-state index in [1.165, 1.54) is 16.2 Å². The zero-order chi connectivity index (χ0) is 24.0. The van der Waals surface area contributed by atoms with Crippen LogP contribution in [0.3, 0.4) is 0 Å². The molecule has 172 valence electrons. The van der Waals surface area contributed by atoms with E-state index < -0.39 is 0 Å². The van der Waals surface area contributed by atoms with Crippen LogP contribution in [-0.2, 0) is 12.8 Å². The Labute approximate surface area is 202 Å². The van der Waals surface area contributed by atoms with Gasteiger partial charge >= 0.3 is 0 Å². The fourth-order valence-electron chi connectivity index (χ4n) is 4.75. The second-order valence-corrected chi connectivity index (χ2v) is 11.1. The summed E-state index contributed by atoms with van der Waals surface area (Å²) in [5.41, 5.74) is 4.73. The highest BCUT2D eigenvalue weighted by Crippen LogP contribution is 2.44. The van der Waals surface area contributed by atoms with Crippen molar-refractivity contribution in [2.24, 2.45) is 11.3 Å². The van der Waals surface area contributed by atoms with E-state index in [2.05, 4.69) is 42.3 Å². The fraction of sp³-hybridized carbons (Fsp3) is 0.333. The molecule has 1 aliphatic rings. The highest BCUT2D eigenvalue weighted by atomic mass is 32.1. The Hall–Kier alpha value is -3.50. The fourth-order valence-corrected chi connectivity index (χ4v) is 6.02. The highest BCUT2D eigenvalue weighted by molar-refractivity contribution is 7.16. The molecule has 1 amide bonds. The highest BCUT2D eigenvalue weighted by Gasteiger charge is 2.32. The number of carbonyl (C=O) groups is 1. The first-order chi connectivity index (χ1) is 16.3. The molecule has 0 saturated carbocycles. The van der Waals surface area contributed by atoms with Crippen LogP contribution in [0.2, 0.25) is 0 Å². The van der Waals surface area contributed by atoms with Crippen LogP contribution in [0.1, 0.15) is 59.2 Å². The molecule has 1 aromatic carbocycles. The molecule has 34 heavy (non-hydrogen) atoms. The average Bonchev–Trinajstić information content (AvgIpc) is 3.38. The quantitative estimate of drug-likeness (QED) is 0.367. The number of thiophene rings is 1. The van der Waals surface area contributed by atoms with Gasteiger partial charge in [0.1, 0.15) is 16.8 Å². The number of aromatic nitrogens is 2. The third-order valence-electron chi connectivity index (χ3n) is 6.70. The van der Waals surface area contributed by atoms with E-state index in [1.807, 2.05) is 37.3 Å². The lowest BCUT2D eigenvalue weighted by Gasteiger charge is -2.33. The molecule has 4 aromatic rings. The lowest BCUT2D eigenvalue weighted by molar-refractivity contribution is 0.102. The van der Waals surface area contributed by atoms with E-state index in [1.54, 1.807) is 6.07 Å². The molecule has 3 aromatic heterocycles. The second-order valence-electron chi connectivity index (χ2n) is 9.97. The van der Waals surface area contributed by atoms with Crippen LogP contribution in [0, 0.1) is 29.6 Å². The van der Waals surface area contributed by atoms with Crippen LogP contribution < -0.4 is 5.32 Å². The van der Waals surface area contributed by atoms with Crippen molar-refractivity contribution in [2.45, 2.75) is 47.0 Å². The van der Waals surface area contributed by atoms with E-state index in [-0.39, 0.29) is 11.3 Å². The molecule has 5 rings (SSSR count). The minimum Gasteiger partial charge on any atom is -0.335 e. The van der Waals surface area contributed by atoms with E-state index in [0.717, 1.165) is 30.4 Å². The summed E-state index contributed by atoms with van der Waals surface area (Å²) >= 11 is 1.53. The average molecular weight is 471 g/mol. The van der Waals surface area contributed by atoms with Crippen molar-refractivity contribution in [2.75, 3.05) is 5.32 Å². The number of anilines is 1. The predicted octanol–water partition coefficient (Wildman–Crippen LogP) is 6.53. The van der Waals surface area contributed by atoms with Crippen molar-refractivity contribution in [1.29, 1.82) is 5.26 Å². The van der Waals surface area contributed by atoms with Gasteiger partial charge in [-0.15, -0.1) is 11.3 Å². The molecule has 0 saturated heterocycles. The maximum atomic E-state index is 13.6. The molecule has 6 nitrogen and oxygen atoms in total. The first-order valence-corrected chi connectivity index (χ1v) is 12.3. The van der Waals surface area contributed by atoms with Gasteiger partial charge in [0.25, 0.3) is 11.6 Å². The summed E-state index contributed by atoms with van der Waals surface area (Å²) in [4.78, 5) is 19.2. The summed E-state index contributed by atoms with van der Waals surface area (Å²) in [7, 11) is 0. The van der Waals surface area contributed by atoms with E-state index in [9.17, 15) is 10.1 Å². The third kappa shape index (κ3) is 3.88. The maximum Gasteiger partial charge on any atom is 0.259 e. The Kier molecular flexibility index (Phi) is 5.49. The normalized spacial score (nSPS) is 15.7. The molecule has 0 radical (unpaired) electrons. The van der Waals surface area contributed by atoms with Gasteiger partial charge in [-0.3, -0.25) is 4.79 Å². The lowest BCUT2D eigenvalue weighted by atomic mass is 9.72. The van der Waals surface area contributed by atoms with Gasteiger partial charge in [0.2, 0.25) is 0 Å². The van der Waals surface area contributed by atoms with Crippen molar-refractivity contribution < 1.29 is 9.32 Å². The number of hydrogen-bond acceptors (Lipinski definition) is 6. The number of rotatable bonds is 3. The van der Waals surface area contributed by atoms with Crippen molar-refractivity contribution in [1.82, 2.24) is 10.1 Å². The Morgan fingerprint density at radius 2 is 2.03 bits per heavy atom. The number of carbonyl (C=O) groups excluding carboxylic acids is 1. The molecule has 1 atom stereocenters. The number of benzene rings is 1. The largest absolute Gasteiger partial charge is 0.335 e. The number of nitrogens with one attached hydrogen (secondary N) is 1. The maximum absolute atomic E-state index is 13.6. The van der Waals surface area contributed by atoms with E-state index in [0.29, 0.717) is 44.5 Å². The number of aryl methyl sites for hydroxylation is 1. The molecular formula is C27H26N4O2S. The predicted molar refractivity (Wildman–Crippen MR) is 134 cm³/mol. The lowest BCUT2D eigenvalue weighted by Crippen LogP contribution is -2.26. The molecule has 7 heteroatoms. The van der Waals surface area contributed by atoms with Crippen molar-refractivity contribution in [3.8, 4) is 17.3 Å². The van der Waals surface area contributed by atoms with Crippen LogP contribution in [0.25, 0.3) is 22.4 Å². The minimum atomic E-state index is -0.293. The van der Waals surface area contributed by atoms with Gasteiger partial charge in [-0.1, -0.05) is 56.3 Å². The summed E-state index contributed by atoms with van der Waals surface area (Å²) in [6, 6.07) is 13.7. The number of pyridine rings is 1. The summed E-state index contributed by atoms with van der Waals surface area (Å²) in [5, 5.41) is 18.4. The van der Waals surface area contributed by atoms with Gasteiger partial charge in [0.05, 0.1) is 16.5 Å². The molecule has 0 fully saturated rings. The smallest absolute Gasteiger partial charge is 0.259 e. The van der Waals surface area contributed by atoms with Gasteiger partial charge in [0, 0.05) is 16.1 Å². The standard InChI is InChI=1S/C27H26N4O2S/c1-15-12-19(22-23(31-33-25(22)29-15)16-8-6-5-7-9-16)24(32)30-26-20(14-28)18-11-10-17(27(2,3)4)13-21(18)34-26/h5-9,12,17H,10-11,13H2,1-4H3,(H,30,32)/t17-/m1/s1. The van der Waals surface area contributed by atoms with Crippen LogP contribution >= 0.6 is 11.3 Å². The second kappa shape index (κ2) is 8.37. The molecular weight excluding hydrogens is 444 g/mol. The molecule has 1 N–H and O–H groups in total. The summed E-state index contributed by atoms with van der Waals surface area (Å²) in [6.07, 6.45) is 2.87. The SMILES string of the molecule is Cc1cc(C(=O)Nc2sc3c(c2C#N)CC[C@@H](C(C)(C)C)C3)c2c(-c3ccccc3)noc2n1. The monoisotopic (exact) mass is 470 g/mol. The zero-order valence-electron chi connectivity index (χ0n) is 19.7. The zero-order valence-corrected chi connectivity index (χ0v) is 20.5. The Morgan fingerprint density at radius 1 is 1.26 bits per heavy atom. The number of fused-ring (bicyclic) bond motifs is 2. The van der Waals surface area contributed by atoms with Crippen molar-refractivity contribution in [3.05, 3.63) is 63.7 Å². The Balaban J connectivity index is 1.54. The topological polar surface area (TPSA) is 91.8 Å². The minimum absolute atomic E-state index is 0.209. The number of nitriles is 1. The number of hydrogen-bond donors (Lipinski definition) is 1. The van der Waals surface area contributed by atoms with Gasteiger partial charge in [-0.05, 0) is 49.1 Å². The molecule has 0 bridgehead atoms. The number of amides is 1. The first kappa shape index (κ1) is 22.3. The van der Waals surface area contributed by atoms with Gasteiger partial charge < -0.3 is 9.84 Å². The van der Waals surface area contributed by atoms with Crippen LogP contribution in [0.4, 0.5) is 5.00 Å². The first-order valence-electron chi connectivity index (χ1n) is 11.4. The van der Waals surface area contributed by atoms with Crippen LogP contribution in [0.15, 0.2) is 40.9 Å². The van der Waals surface area contributed by atoms with Crippen LogP contribution in [-0.4, -0.2) is 16.0 Å². The van der Waals surface area contributed by atoms with Crippen LogP contribution in [0.5, 0.6) is 0 Å². The summed E-state index contributed by atoms with van der Waals surface area (Å²) < 4.78 is 5.49. The number of nitrogens with zero attached hydrogens (tertiary/aromatic N) is 3. The van der Waals surface area contributed by atoms with E-state index in [4.69, 9.17) is 4.52 Å². The van der Waals surface area contributed by atoms with Crippen molar-refractivity contribution in [3.63, 3.8) is 0 Å². The molecule has 1 aliphatic carbocycles.